The van der Waals surface area contributed by atoms with Crippen molar-refractivity contribution in [1.82, 2.24) is 5.32 Å². The number of nitrogens with zero attached hydrogens (tertiary/aromatic N) is 1. The first-order valence-electron chi connectivity index (χ1n) is 6.42. The van der Waals surface area contributed by atoms with Crippen LogP contribution in [0.15, 0.2) is 0 Å². The Balaban J connectivity index is 2.07. The molecule has 110 valence electrons. The normalized spacial score (nSPS) is 29.1. The van der Waals surface area contributed by atoms with Crippen molar-refractivity contribution in [2.75, 3.05) is 24.5 Å². The van der Waals surface area contributed by atoms with Gasteiger partial charge in [0.05, 0.1) is 0 Å². The smallest absolute Gasteiger partial charge is 0.200 e. The molecule has 2 nitrogen and oxygen atoms in total. The summed E-state index contributed by atoms with van der Waals surface area (Å²) >= 11 is 0. The van der Waals surface area contributed by atoms with Crippen LogP contribution in [0.25, 0.3) is 0 Å². The van der Waals surface area contributed by atoms with Gasteiger partial charge in [0.2, 0.25) is 5.82 Å². The molecule has 1 N–H and O–H groups in total. The van der Waals surface area contributed by atoms with Crippen molar-refractivity contribution in [1.29, 1.82) is 0 Å². The maximum Gasteiger partial charge on any atom is 0.200 e. The fourth-order valence-electron chi connectivity index (χ4n) is 3.31. The number of nitrogens with one attached hydrogen (secondary N) is 1. The average molecular weight is 292 g/mol. The minimum absolute atomic E-state index is 0.157. The summed E-state index contributed by atoms with van der Waals surface area (Å²) < 4.78 is 67.3. The molecule has 2 aliphatic heterocycles. The van der Waals surface area contributed by atoms with Crippen LogP contribution in [-0.2, 0) is 0 Å². The maximum atomic E-state index is 13.8. The zero-order valence-electron chi connectivity index (χ0n) is 10.7. The van der Waals surface area contributed by atoms with Crippen molar-refractivity contribution >= 4 is 5.69 Å². The zero-order valence-corrected chi connectivity index (χ0v) is 10.7. The van der Waals surface area contributed by atoms with Gasteiger partial charge in [0.15, 0.2) is 23.3 Å². The molecule has 2 heterocycles. The summed E-state index contributed by atoms with van der Waals surface area (Å²) in [6, 6.07) is -0.275. The summed E-state index contributed by atoms with van der Waals surface area (Å²) in [6.07, 6.45) is 0. The van der Waals surface area contributed by atoms with Crippen molar-refractivity contribution in [3.05, 3.63) is 29.1 Å². The summed E-state index contributed by atoms with van der Waals surface area (Å²) in [7, 11) is 0. The zero-order chi connectivity index (χ0) is 14.6. The SMILES string of the molecule is CC1C2CNCC2CN1c1c(F)c(F)c(F)c(F)c1F. The second kappa shape index (κ2) is 4.58. The van der Waals surface area contributed by atoms with E-state index in [1.165, 1.54) is 4.90 Å². The Hall–Kier alpha value is -1.37. The summed E-state index contributed by atoms with van der Waals surface area (Å²) in [5, 5.41) is 3.17. The van der Waals surface area contributed by atoms with Crippen LogP contribution in [-0.4, -0.2) is 25.7 Å². The maximum absolute atomic E-state index is 13.8. The van der Waals surface area contributed by atoms with E-state index in [4.69, 9.17) is 0 Å². The van der Waals surface area contributed by atoms with E-state index in [1.807, 2.05) is 0 Å². The topological polar surface area (TPSA) is 15.3 Å². The molecule has 3 atom stereocenters. The molecule has 2 aliphatic rings. The second-order valence-corrected chi connectivity index (χ2v) is 5.39. The first kappa shape index (κ1) is 13.6. The van der Waals surface area contributed by atoms with Gasteiger partial charge in [-0.2, -0.15) is 0 Å². The molecule has 7 heteroatoms. The number of anilines is 1. The predicted molar refractivity (Wildman–Crippen MR) is 62.9 cm³/mol. The Morgan fingerprint density at radius 1 is 0.900 bits per heavy atom. The predicted octanol–water partition coefficient (Wildman–Crippen LogP) is 2.43. The van der Waals surface area contributed by atoms with Crippen LogP contribution in [0.1, 0.15) is 6.92 Å². The van der Waals surface area contributed by atoms with Crippen molar-refractivity contribution in [3.63, 3.8) is 0 Å². The number of hydrogen-bond acceptors (Lipinski definition) is 2. The third-order valence-corrected chi connectivity index (χ3v) is 4.41. The molecular formula is C13H13F5N2. The Bertz CT molecular complexity index is 533. The van der Waals surface area contributed by atoms with Crippen LogP contribution in [0.4, 0.5) is 27.6 Å². The molecule has 3 rings (SSSR count). The number of fused-ring (bicyclic) bond motifs is 1. The number of rotatable bonds is 1. The van der Waals surface area contributed by atoms with Gasteiger partial charge in [-0.05, 0) is 18.8 Å². The third kappa shape index (κ3) is 1.72. The lowest BCUT2D eigenvalue weighted by molar-refractivity contribution is 0.376. The van der Waals surface area contributed by atoms with Crippen LogP contribution in [0.3, 0.4) is 0 Å². The largest absolute Gasteiger partial charge is 0.363 e. The van der Waals surface area contributed by atoms with Gasteiger partial charge in [-0.1, -0.05) is 0 Å². The van der Waals surface area contributed by atoms with Crippen molar-refractivity contribution < 1.29 is 22.0 Å². The number of hydrogen-bond donors (Lipinski definition) is 1. The molecule has 0 amide bonds. The molecule has 0 bridgehead atoms. The van der Waals surface area contributed by atoms with Crippen molar-refractivity contribution in [2.24, 2.45) is 11.8 Å². The Labute approximate surface area is 112 Å². The molecule has 0 aromatic heterocycles. The summed E-state index contributed by atoms with van der Waals surface area (Å²) in [6.45, 7) is 3.42. The summed E-state index contributed by atoms with van der Waals surface area (Å²) in [5.74, 6) is -9.06. The summed E-state index contributed by atoms with van der Waals surface area (Å²) in [4.78, 5) is 1.30. The van der Waals surface area contributed by atoms with Crippen LogP contribution in [0.5, 0.6) is 0 Å². The quantitative estimate of drug-likeness (QED) is 0.486. The molecule has 1 aromatic carbocycles. The Morgan fingerprint density at radius 3 is 2.00 bits per heavy atom. The van der Waals surface area contributed by atoms with E-state index in [0.29, 0.717) is 13.1 Å². The lowest BCUT2D eigenvalue weighted by atomic mass is 9.95. The molecule has 20 heavy (non-hydrogen) atoms. The highest BCUT2D eigenvalue weighted by Crippen LogP contribution is 2.39. The molecule has 0 spiro atoms. The number of halogens is 5. The van der Waals surface area contributed by atoms with Crippen molar-refractivity contribution in [2.45, 2.75) is 13.0 Å². The van der Waals surface area contributed by atoms with Gasteiger partial charge in [0.25, 0.3) is 0 Å². The monoisotopic (exact) mass is 292 g/mol. The van der Waals surface area contributed by atoms with Gasteiger partial charge in [-0.15, -0.1) is 0 Å². The van der Waals surface area contributed by atoms with Gasteiger partial charge in [0, 0.05) is 25.7 Å². The molecule has 0 radical (unpaired) electrons. The van der Waals surface area contributed by atoms with E-state index in [9.17, 15) is 22.0 Å². The highest BCUT2D eigenvalue weighted by atomic mass is 19.2. The standard InChI is InChI=1S/C13H13F5N2/c1-5-7-3-19-2-6(7)4-20(5)13-11(17)9(15)8(14)10(16)12(13)18/h5-7,19H,2-4H2,1H3. The molecule has 1 aromatic rings. The first-order valence-corrected chi connectivity index (χ1v) is 6.42. The molecular weight excluding hydrogens is 279 g/mol. The Kier molecular flexibility index (Phi) is 3.12. The second-order valence-electron chi connectivity index (χ2n) is 5.39. The van der Waals surface area contributed by atoms with E-state index in [1.54, 1.807) is 6.92 Å². The molecule has 0 saturated carbocycles. The van der Waals surface area contributed by atoms with E-state index < -0.39 is 34.8 Å². The van der Waals surface area contributed by atoms with Gasteiger partial charge < -0.3 is 10.2 Å². The average Bonchev–Trinajstić information content (AvgIpc) is 2.99. The van der Waals surface area contributed by atoms with Crippen LogP contribution in [0.2, 0.25) is 0 Å². The van der Waals surface area contributed by atoms with Crippen molar-refractivity contribution in [3.8, 4) is 0 Å². The van der Waals surface area contributed by atoms with E-state index in [0.717, 1.165) is 0 Å². The van der Waals surface area contributed by atoms with E-state index in [-0.39, 0.29) is 24.4 Å². The van der Waals surface area contributed by atoms with E-state index >= 15 is 0 Å². The molecule has 0 aliphatic carbocycles. The fourth-order valence-corrected chi connectivity index (χ4v) is 3.31. The molecule has 2 saturated heterocycles. The van der Waals surface area contributed by atoms with Gasteiger partial charge in [-0.3, -0.25) is 0 Å². The van der Waals surface area contributed by atoms with Crippen LogP contribution >= 0.6 is 0 Å². The fraction of sp³-hybridized carbons (Fsp3) is 0.538. The van der Waals surface area contributed by atoms with E-state index in [2.05, 4.69) is 5.32 Å². The van der Waals surface area contributed by atoms with Gasteiger partial charge in [0.1, 0.15) is 5.69 Å². The minimum Gasteiger partial charge on any atom is -0.363 e. The third-order valence-electron chi connectivity index (χ3n) is 4.41. The lowest BCUT2D eigenvalue weighted by Gasteiger charge is -2.27. The lowest BCUT2D eigenvalue weighted by Crippen LogP contribution is -2.35. The molecule has 2 fully saturated rings. The van der Waals surface area contributed by atoms with Gasteiger partial charge >= 0.3 is 0 Å². The highest BCUT2D eigenvalue weighted by Gasteiger charge is 2.44. The first-order chi connectivity index (χ1) is 9.43. The highest BCUT2D eigenvalue weighted by molar-refractivity contribution is 5.53. The van der Waals surface area contributed by atoms with Crippen LogP contribution in [0, 0.1) is 40.9 Å². The number of benzene rings is 1. The van der Waals surface area contributed by atoms with Gasteiger partial charge in [-0.25, -0.2) is 22.0 Å². The minimum atomic E-state index is -2.11. The van der Waals surface area contributed by atoms with Crippen LogP contribution < -0.4 is 10.2 Å². The Morgan fingerprint density at radius 2 is 1.45 bits per heavy atom. The molecule has 3 unspecified atom stereocenters. The summed E-state index contributed by atoms with van der Waals surface area (Å²) in [5.41, 5.74) is -0.802.